The van der Waals surface area contributed by atoms with Crippen molar-refractivity contribution in [3.8, 4) is 17.2 Å². The van der Waals surface area contributed by atoms with Crippen LogP contribution in [-0.2, 0) is 9.59 Å². The first-order valence-electron chi connectivity index (χ1n) is 12.1. The molecule has 1 fully saturated rings. The zero-order valence-electron chi connectivity index (χ0n) is 21.9. The van der Waals surface area contributed by atoms with Crippen LogP contribution in [0, 0.1) is 20.8 Å². The second kappa shape index (κ2) is 10.4. The van der Waals surface area contributed by atoms with Gasteiger partial charge in [0.1, 0.15) is 11.5 Å². The van der Waals surface area contributed by atoms with Gasteiger partial charge in [-0.3, -0.25) is 14.5 Å². The molecule has 1 saturated heterocycles. The maximum absolute atomic E-state index is 13.5. The van der Waals surface area contributed by atoms with Gasteiger partial charge in [-0.2, -0.15) is 0 Å². The minimum absolute atomic E-state index is 0.00629. The number of carbonyl (C=O) groups is 2. The number of hydrogen-bond acceptors (Lipinski definition) is 6. The third-order valence-electron chi connectivity index (χ3n) is 6.52. The molecule has 1 aliphatic rings. The van der Waals surface area contributed by atoms with Crippen molar-refractivity contribution >= 4 is 23.1 Å². The van der Waals surface area contributed by atoms with Gasteiger partial charge in [0.2, 0.25) is 0 Å². The quantitative estimate of drug-likeness (QED) is 0.256. The van der Waals surface area contributed by atoms with Gasteiger partial charge in [-0.1, -0.05) is 18.2 Å². The van der Waals surface area contributed by atoms with Crippen LogP contribution in [0.3, 0.4) is 0 Å². The molecule has 0 aliphatic carbocycles. The summed E-state index contributed by atoms with van der Waals surface area (Å²) in [7, 11) is 3.12. The minimum Gasteiger partial charge on any atom is -0.507 e. The normalized spacial score (nSPS) is 16.7. The van der Waals surface area contributed by atoms with Crippen LogP contribution in [0.1, 0.15) is 40.8 Å². The minimum atomic E-state index is -0.881. The summed E-state index contributed by atoms with van der Waals surface area (Å²) < 4.78 is 16.6. The Hall–Kier alpha value is -4.26. The van der Waals surface area contributed by atoms with Crippen molar-refractivity contribution in [1.82, 2.24) is 0 Å². The van der Waals surface area contributed by atoms with Gasteiger partial charge in [0, 0.05) is 11.3 Å². The zero-order valence-corrected chi connectivity index (χ0v) is 21.9. The Bertz CT molecular complexity index is 1410. The van der Waals surface area contributed by atoms with Gasteiger partial charge in [-0.05, 0) is 86.3 Å². The van der Waals surface area contributed by atoms with Gasteiger partial charge in [0.25, 0.3) is 11.7 Å². The average Bonchev–Trinajstić information content (AvgIpc) is 3.15. The number of rotatable bonds is 7. The lowest BCUT2D eigenvalue weighted by atomic mass is 9.92. The molecule has 7 nitrogen and oxygen atoms in total. The largest absolute Gasteiger partial charge is 0.507 e. The number of methoxy groups -OCH3 is 2. The van der Waals surface area contributed by atoms with E-state index < -0.39 is 17.7 Å². The second-order valence-electron chi connectivity index (χ2n) is 8.99. The lowest BCUT2D eigenvalue weighted by molar-refractivity contribution is -0.132. The molecule has 4 rings (SSSR count). The number of aliphatic hydroxyl groups is 1. The van der Waals surface area contributed by atoms with Gasteiger partial charge in [0.05, 0.1) is 32.4 Å². The second-order valence-corrected chi connectivity index (χ2v) is 8.99. The van der Waals surface area contributed by atoms with Gasteiger partial charge in [-0.15, -0.1) is 0 Å². The first kappa shape index (κ1) is 25.8. The molecule has 1 unspecified atom stereocenters. The van der Waals surface area contributed by atoms with E-state index in [1.807, 2.05) is 45.9 Å². The van der Waals surface area contributed by atoms with Gasteiger partial charge < -0.3 is 19.3 Å². The smallest absolute Gasteiger partial charge is 0.300 e. The van der Waals surface area contributed by atoms with Crippen molar-refractivity contribution in [2.45, 2.75) is 33.7 Å². The van der Waals surface area contributed by atoms with Crippen LogP contribution in [0.15, 0.2) is 60.2 Å². The van der Waals surface area contributed by atoms with Gasteiger partial charge >= 0.3 is 0 Å². The highest BCUT2D eigenvalue weighted by atomic mass is 16.5. The molecule has 3 aromatic rings. The molecular formula is C30H31NO6. The maximum atomic E-state index is 13.5. The van der Waals surface area contributed by atoms with E-state index in [1.54, 1.807) is 50.6 Å². The van der Waals surface area contributed by atoms with E-state index >= 15 is 0 Å². The van der Waals surface area contributed by atoms with Crippen LogP contribution in [0.4, 0.5) is 5.69 Å². The summed E-state index contributed by atoms with van der Waals surface area (Å²) in [6.07, 6.45) is 0. The predicted octanol–water partition coefficient (Wildman–Crippen LogP) is 5.65. The van der Waals surface area contributed by atoms with Crippen molar-refractivity contribution in [3.63, 3.8) is 0 Å². The number of nitrogens with zero attached hydrogens (tertiary/aromatic N) is 1. The molecule has 3 aromatic carbocycles. The molecule has 1 heterocycles. The fraction of sp³-hybridized carbons (Fsp3) is 0.267. The summed E-state index contributed by atoms with van der Waals surface area (Å²) in [6.45, 7) is 7.86. The molecule has 37 heavy (non-hydrogen) atoms. The number of hydrogen-bond donors (Lipinski definition) is 1. The molecule has 0 radical (unpaired) electrons. The Morgan fingerprint density at radius 3 is 2.27 bits per heavy atom. The van der Waals surface area contributed by atoms with Crippen LogP contribution >= 0.6 is 0 Å². The summed E-state index contributed by atoms with van der Waals surface area (Å²) in [6, 6.07) is 15.3. The van der Waals surface area contributed by atoms with Crippen LogP contribution in [0.25, 0.3) is 5.76 Å². The van der Waals surface area contributed by atoms with Gasteiger partial charge in [-0.25, -0.2) is 0 Å². The van der Waals surface area contributed by atoms with Crippen LogP contribution < -0.4 is 19.1 Å². The van der Waals surface area contributed by atoms with E-state index in [1.165, 1.54) is 4.90 Å². The Morgan fingerprint density at radius 2 is 1.62 bits per heavy atom. The van der Waals surface area contributed by atoms with Crippen molar-refractivity contribution in [1.29, 1.82) is 0 Å². The van der Waals surface area contributed by atoms with Crippen molar-refractivity contribution in [2.24, 2.45) is 0 Å². The number of ether oxygens (including phenoxy) is 3. The molecule has 0 bridgehead atoms. The Morgan fingerprint density at radius 1 is 0.892 bits per heavy atom. The monoisotopic (exact) mass is 501 g/mol. The van der Waals surface area contributed by atoms with Crippen LogP contribution in [0.5, 0.6) is 17.2 Å². The molecule has 192 valence electrons. The lowest BCUT2D eigenvalue weighted by Gasteiger charge is -2.26. The lowest BCUT2D eigenvalue weighted by Crippen LogP contribution is -2.29. The topological polar surface area (TPSA) is 85.3 Å². The van der Waals surface area contributed by atoms with Crippen molar-refractivity contribution in [2.75, 3.05) is 25.7 Å². The number of aryl methyl sites for hydroxylation is 3. The molecule has 1 N–H and O–H groups in total. The highest BCUT2D eigenvalue weighted by Gasteiger charge is 2.47. The van der Waals surface area contributed by atoms with Crippen LogP contribution in [0.2, 0.25) is 0 Å². The van der Waals surface area contributed by atoms with Crippen molar-refractivity contribution < 1.29 is 28.9 Å². The summed E-state index contributed by atoms with van der Waals surface area (Å²) in [4.78, 5) is 28.5. The molecule has 0 spiro atoms. The fourth-order valence-electron chi connectivity index (χ4n) is 4.73. The number of carbonyl (C=O) groups excluding carboxylic acids is 2. The van der Waals surface area contributed by atoms with Gasteiger partial charge in [0.15, 0.2) is 11.5 Å². The number of anilines is 1. The number of aliphatic hydroxyl groups excluding tert-OH is 1. The SMILES string of the molecule is CCOc1cc(C2/C(=C(\O)c3cc(C)c(OC)cc3C)C(=O)C(=O)N2c2cccc(C)c2)ccc1OC. The molecular weight excluding hydrogens is 470 g/mol. The summed E-state index contributed by atoms with van der Waals surface area (Å²) in [5.41, 5.74) is 4.07. The summed E-state index contributed by atoms with van der Waals surface area (Å²) in [5, 5.41) is 11.6. The third-order valence-corrected chi connectivity index (χ3v) is 6.52. The molecule has 0 aromatic heterocycles. The number of benzene rings is 3. The zero-order chi connectivity index (χ0) is 26.9. The van der Waals surface area contributed by atoms with Crippen molar-refractivity contribution in [3.05, 3.63) is 88.0 Å². The number of amides is 1. The third kappa shape index (κ3) is 4.65. The average molecular weight is 502 g/mol. The summed E-state index contributed by atoms with van der Waals surface area (Å²) in [5.74, 6) is -0.0362. The number of ketones is 1. The van der Waals surface area contributed by atoms with E-state index in [4.69, 9.17) is 14.2 Å². The fourth-order valence-corrected chi connectivity index (χ4v) is 4.73. The van der Waals surface area contributed by atoms with E-state index in [0.717, 1.165) is 11.1 Å². The highest BCUT2D eigenvalue weighted by molar-refractivity contribution is 6.51. The molecule has 1 aliphatic heterocycles. The van der Waals surface area contributed by atoms with E-state index in [-0.39, 0.29) is 11.3 Å². The maximum Gasteiger partial charge on any atom is 0.300 e. The standard InChI is InChI=1S/C30H31NO6/c1-7-37-25-16-20(11-12-23(25)35-5)27-26(28(32)22-14-19(4)24(36-6)15-18(22)3)29(33)30(34)31(27)21-10-8-9-17(2)13-21/h8-16,27,32H,7H2,1-6H3/b28-26+. The van der Waals surface area contributed by atoms with E-state index in [2.05, 4.69) is 0 Å². The molecule has 7 heteroatoms. The Labute approximate surface area is 216 Å². The highest BCUT2D eigenvalue weighted by Crippen LogP contribution is 2.45. The molecule has 0 saturated carbocycles. The summed E-state index contributed by atoms with van der Waals surface area (Å²) >= 11 is 0. The first-order chi connectivity index (χ1) is 17.7. The predicted molar refractivity (Wildman–Crippen MR) is 143 cm³/mol. The Kier molecular flexibility index (Phi) is 7.25. The first-order valence-corrected chi connectivity index (χ1v) is 12.1. The van der Waals surface area contributed by atoms with Crippen LogP contribution in [-0.4, -0.2) is 37.6 Å². The van der Waals surface area contributed by atoms with E-state index in [0.29, 0.717) is 46.2 Å². The molecule has 1 amide bonds. The van der Waals surface area contributed by atoms with E-state index in [9.17, 15) is 14.7 Å². The Balaban J connectivity index is 2.00. The number of Topliss-reactive ketones (excluding diaryl/α,β-unsaturated/α-hetero) is 1. The molecule has 1 atom stereocenters.